The summed E-state index contributed by atoms with van der Waals surface area (Å²) in [4.78, 5) is 0. The first-order chi connectivity index (χ1) is 7.79. The normalized spacial score (nSPS) is 19.7. The summed E-state index contributed by atoms with van der Waals surface area (Å²) < 4.78 is 11.1. The molecule has 0 amide bonds. The maximum absolute atomic E-state index is 9.53. The highest BCUT2D eigenvalue weighted by Crippen LogP contribution is 2.31. The van der Waals surface area contributed by atoms with Crippen LogP contribution in [0.3, 0.4) is 0 Å². The molecule has 0 saturated carbocycles. The van der Waals surface area contributed by atoms with E-state index >= 15 is 0 Å². The summed E-state index contributed by atoms with van der Waals surface area (Å²) in [5.41, 5.74) is 0. The number of hydrogen-bond donors (Lipinski definition) is 2. The lowest BCUT2D eigenvalue weighted by atomic mass is 10.3. The molecule has 1 saturated heterocycles. The molecule has 0 aliphatic carbocycles. The highest BCUT2D eigenvalue weighted by molar-refractivity contribution is 5.44. The van der Waals surface area contributed by atoms with Gasteiger partial charge in [-0.3, -0.25) is 0 Å². The molecule has 16 heavy (non-hydrogen) atoms. The fourth-order valence-electron chi connectivity index (χ4n) is 1.76. The summed E-state index contributed by atoms with van der Waals surface area (Å²) in [6, 6.07) is 5.09. The largest absolute Gasteiger partial charge is 0.504 e. The Hall–Kier alpha value is -1.42. The molecule has 2 N–H and O–H groups in total. The zero-order valence-electron chi connectivity index (χ0n) is 9.40. The zero-order chi connectivity index (χ0) is 11.4. The van der Waals surface area contributed by atoms with Crippen molar-refractivity contribution in [3.8, 4) is 17.2 Å². The lowest BCUT2D eigenvalue weighted by Gasteiger charge is -2.14. The summed E-state index contributed by atoms with van der Waals surface area (Å²) >= 11 is 0. The molecule has 4 nitrogen and oxygen atoms in total. The standard InChI is InChI=1S/C12H17NO3/c1-2-15-12-7-9(3-4-11(12)14)16-10-5-6-13-8-10/h3-4,7,10,13-14H,2,5-6,8H2,1H3. The number of phenols is 1. The van der Waals surface area contributed by atoms with Gasteiger partial charge in [0.1, 0.15) is 11.9 Å². The molecule has 0 radical (unpaired) electrons. The Morgan fingerprint density at radius 2 is 2.38 bits per heavy atom. The Morgan fingerprint density at radius 1 is 1.50 bits per heavy atom. The number of rotatable bonds is 4. The van der Waals surface area contributed by atoms with Crippen LogP contribution in [-0.4, -0.2) is 30.9 Å². The van der Waals surface area contributed by atoms with Crippen molar-refractivity contribution in [2.75, 3.05) is 19.7 Å². The second-order valence-electron chi connectivity index (χ2n) is 3.80. The van der Waals surface area contributed by atoms with Crippen LogP contribution >= 0.6 is 0 Å². The van der Waals surface area contributed by atoms with Gasteiger partial charge in [0.2, 0.25) is 0 Å². The van der Waals surface area contributed by atoms with Crippen LogP contribution in [0.25, 0.3) is 0 Å². The number of aromatic hydroxyl groups is 1. The van der Waals surface area contributed by atoms with Crippen LogP contribution in [0, 0.1) is 0 Å². The van der Waals surface area contributed by atoms with Crippen LogP contribution in [0.15, 0.2) is 18.2 Å². The van der Waals surface area contributed by atoms with Crippen molar-refractivity contribution in [3.63, 3.8) is 0 Å². The molecule has 1 aromatic carbocycles. The van der Waals surface area contributed by atoms with E-state index in [1.54, 1.807) is 18.2 Å². The Bertz CT molecular complexity index is 348. The number of hydrogen-bond acceptors (Lipinski definition) is 4. The van der Waals surface area contributed by atoms with E-state index in [1.807, 2.05) is 6.92 Å². The molecule has 0 bridgehead atoms. The first-order valence-electron chi connectivity index (χ1n) is 5.62. The molecule has 0 spiro atoms. The van der Waals surface area contributed by atoms with Crippen LogP contribution < -0.4 is 14.8 Å². The molecule has 1 aliphatic rings. The van der Waals surface area contributed by atoms with Crippen LogP contribution in [0.5, 0.6) is 17.2 Å². The monoisotopic (exact) mass is 223 g/mol. The van der Waals surface area contributed by atoms with E-state index in [-0.39, 0.29) is 11.9 Å². The number of benzene rings is 1. The minimum Gasteiger partial charge on any atom is -0.504 e. The summed E-state index contributed by atoms with van der Waals surface area (Å²) in [5.74, 6) is 1.37. The van der Waals surface area contributed by atoms with Crippen LogP contribution in [-0.2, 0) is 0 Å². The first kappa shape index (κ1) is 11.1. The fraction of sp³-hybridized carbons (Fsp3) is 0.500. The van der Waals surface area contributed by atoms with Crippen LogP contribution in [0.4, 0.5) is 0 Å². The quantitative estimate of drug-likeness (QED) is 0.812. The minimum atomic E-state index is 0.152. The molecule has 1 aliphatic heterocycles. The highest BCUT2D eigenvalue weighted by atomic mass is 16.5. The number of nitrogens with one attached hydrogen (secondary N) is 1. The number of phenolic OH excluding ortho intramolecular Hbond substituents is 1. The average molecular weight is 223 g/mol. The smallest absolute Gasteiger partial charge is 0.164 e. The fourth-order valence-corrected chi connectivity index (χ4v) is 1.76. The van der Waals surface area contributed by atoms with Crippen molar-refractivity contribution >= 4 is 0 Å². The Morgan fingerprint density at radius 3 is 3.06 bits per heavy atom. The van der Waals surface area contributed by atoms with E-state index in [0.717, 1.165) is 25.3 Å². The Balaban J connectivity index is 2.05. The molecular weight excluding hydrogens is 206 g/mol. The van der Waals surface area contributed by atoms with Crippen molar-refractivity contribution < 1.29 is 14.6 Å². The van der Waals surface area contributed by atoms with Gasteiger partial charge in [-0.15, -0.1) is 0 Å². The predicted molar refractivity (Wildman–Crippen MR) is 61.2 cm³/mol. The van der Waals surface area contributed by atoms with Crippen LogP contribution in [0.2, 0.25) is 0 Å². The molecule has 1 aromatic rings. The highest BCUT2D eigenvalue weighted by Gasteiger charge is 2.16. The molecule has 88 valence electrons. The van der Waals surface area contributed by atoms with Gasteiger partial charge in [0.05, 0.1) is 6.61 Å². The van der Waals surface area contributed by atoms with Crippen molar-refractivity contribution in [3.05, 3.63) is 18.2 Å². The van der Waals surface area contributed by atoms with Gasteiger partial charge in [-0.25, -0.2) is 0 Å². The molecule has 1 heterocycles. The summed E-state index contributed by atoms with van der Waals surface area (Å²) in [6.45, 7) is 4.29. The predicted octanol–water partition coefficient (Wildman–Crippen LogP) is 1.53. The van der Waals surface area contributed by atoms with Gasteiger partial charge < -0.3 is 19.9 Å². The zero-order valence-corrected chi connectivity index (χ0v) is 9.40. The van der Waals surface area contributed by atoms with E-state index < -0.39 is 0 Å². The van der Waals surface area contributed by atoms with Gasteiger partial charge in [-0.05, 0) is 32.0 Å². The third kappa shape index (κ3) is 2.58. The van der Waals surface area contributed by atoms with E-state index in [4.69, 9.17) is 9.47 Å². The summed E-state index contributed by atoms with van der Waals surface area (Å²) in [7, 11) is 0. The second kappa shape index (κ2) is 5.07. The lowest BCUT2D eigenvalue weighted by Crippen LogP contribution is -2.19. The Kier molecular flexibility index (Phi) is 3.51. The van der Waals surface area contributed by atoms with Gasteiger partial charge in [-0.2, -0.15) is 0 Å². The van der Waals surface area contributed by atoms with Gasteiger partial charge in [0, 0.05) is 12.6 Å². The second-order valence-corrected chi connectivity index (χ2v) is 3.80. The molecule has 2 rings (SSSR count). The third-order valence-electron chi connectivity index (χ3n) is 2.55. The van der Waals surface area contributed by atoms with Crippen molar-refractivity contribution in [2.24, 2.45) is 0 Å². The van der Waals surface area contributed by atoms with E-state index in [9.17, 15) is 5.11 Å². The molecular formula is C12H17NO3. The SMILES string of the molecule is CCOc1cc(OC2CCNC2)ccc1O. The summed E-state index contributed by atoms with van der Waals surface area (Å²) in [5, 5.41) is 12.8. The molecule has 1 atom stereocenters. The Labute approximate surface area is 95.2 Å². The molecule has 1 fully saturated rings. The van der Waals surface area contributed by atoms with Crippen molar-refractivity contribution in [1.82, 2.24) is 5.32 Å². The van der Waals surface area contributed by atoms with E-state index in [1.165, 1.54) is 0 Å². The number of ether oxygens (including phenoxy) is 2. The van der Waals surface area contributed by atoms with E-state index in [2.05, 4.69) is 5.32 Å². The van der Waals surface area contributed by atoms with Gasteiger partial charge in [-0.1, -0.05) is 0 Å². The third-order valence-corrected chi connectivity index (χ3v) is 2.55. The summed E-state index contributed by atoms with van der Waals surface area (Å²) in [6.07, 6.45) is 1.24. The van der Waals surface area contributed by atoms with E-state index in [0.29, 0.717) is 12.4 Å². The average Bonchev–Trinajstić information content (AvgIpc) is 2.76. The van der Waals surface area contributed by atoms with Crippen LogP contribution in [0.1, 0.15) is 13.3 Å². The lowest BCUT2D eigenvalue weighted by molar-refractivity contribution is 0.221. The molecule has 1 unspecified atom stereocenters. The minimum absolute atomic E-state index is 0.152. The maximum atomic E-state index is 9.53. The van der Waals surface area contributed by atoms with Gasteiger partial charge in [0.15, 0.2) is 11.5 Å². The van der Waals surface area contributed by atoms with Gasteiger partial charge >= 0.3 is 0 Å². The molecule has 4 heteroatoms. The van der Waals surface area contributed by atoms with Crippen molar-refractivity contribution in [2.45, 2.75) is 19.4 Å². The maximum Gasteiger partial charge on any atom is 0.164 e. The first-order valence-corrected chi connectivity index (χ1v) is 5.62. The molecule has 0 aromatic heterocycles. The van der Waals surface area contributed by atoms with Crippen molar-refractivity contribution in [1.29, 1.82) is 0 Å². The topological polar surface area (TPSA) is 50.7 Å². The van der Waals surface area contributed by atoms with Gasteiger partial charge in [0.25, 0.3) is 0 Å².